The fraction of sp³-hybridized carbons (Fsp3) is 0.818. The van der Waals surface area contributed by atoms with E-state index in [1.165, 1.54) is 6.08 Å². The quantitative estimate of drug-likeness (QED) is 0.219. The minimum atomic E-state index is -4.26. The van der Waals surface area contributed by atoms with E-state index in [-0.39, 0.29) is 6.00 Å². The van der Waals surface area contributed by atoms with Gasteiger partial charge in [0.1, 0.15) is 26.2 Å². The monoisotopic (exact) mass is 323 g/mol. The number of hydrogen-bond donors (Lipinski definition) is 4. The summed E-state index contributed by atoms with van der Waals surface area (Å²) in [5.41, 5.74) is 0. The van der Waals surface area contributed by atoms with Crippen molar-refractivity contribution in [2.24, 2.45) is 0 Å². The molecule has 0 aromatic carbocycles. The van der Waals surface area contributed by atoms with Gasteiger partial charge in [-0.3, -0.25) is 4.57 Å². The maximum Gasteiger partial charge on any atom is 0.348 e. The van der Waals surface area contributed by atoms with E-state index >= 15 is 0 Å². The van der Waals surface area contributed by atoms with Crippen molar-refractivity contribution < 1.29 is 33.7 Å². The average molecular weight is 323 g/mol. The van der Waals surface area contributed by atoms with Crippen molar-refractivity contribution in [2.45, 2.75) is 24.3 Å². The van der Waals surface area contributed by atoms with E-state index in [1.54, 1.807) is 7.85 Å². The Morgan fingerprint density at radius 1 is 1.38 bits per heavy atom. The van der Waals surface area contributed by atoms with Crippen molar-refractivity contribution in [3.8, 4) is 0 Å². The summed E-state index contributed by atoms with van der Waals surface area (Å²) in [5.74, 6) is 0.733. The summed E-state index contributed by atoms with van der Waals surface area (Å²) in [6.07, 6.45) is -1.14. The summed E-state index contributed by atoms with van der Waals surface area (Å²) >= 11 is 0. The number of rotatable bonds is 9. The van der Waals surface area contributed by atoms with Crippen LogP contribution in [0.15, 0.2) is 11.9 Å². The van der Waals surface area contributed by atoms with Crippen molar-refractivity contribution >= 4 is 15.4 Å². The molecule has 8 nitrogen and oxygen atoms in total. The Labute approximate surface area is 125 Å². The highest BCUT2D eigenvalue weighted by Gasteiger charge is 2.40. The molecule has 1 aliphatic rings. The van der Waals surface area contributed by atoms with Crippen LogP contribution >= 0.6 is 7.60 Å². The zero-order valence-corrected chi connectivity index (χ0v) is 13.1. The van der Waals surface area contributed by atoms with Crippen molar-refractivity contribution in [3.05, 3.63) is 11.9 Å². The summed E-state index contributed by atoms with van der Waals surface area (Å²) in [4.78, 5) is 17.5. The molecule has 0 radical (unpaired) electrons. The molecule has 0 saturated carbocycles. The molecule has 4 atom stereocenters. The first-order chi connectivity index (χ1) is 9.85. The maximum atomic E-state index is 10.8. The van der Waals surface area contributed by atoms with Gasteiger partial charge in [-0.15, -0.1) is 0 Å². The smallest absolute Gasteiger partial charge is 0.348 e. The molecule has 21 heavy (non-hydrogen) atoms. The van der Waals surface area contributed by atoms with Crippen LogP contribution in [0.25, 0.3) is 0 Å². The molecular weight excluding hydrogens is 300 g/mol. The highest BCUT2D eigenvalue weighted by molar-refractivity contribution is 7.55. The van der Waals surface area contributed by atoms with Crippen LogP contribution in [0.3, 0.4) is 0 Å². The second kappa shape index (κ2) is 9.02. The molecule has 0 aromatic heterocycles. The summed E-state index contributed by atoms with van der Waals surface area (Å²) in [7, 11) is -0.690. The summed E-state index contributed by atoms with van der Waals surface area (Å²) < 4.78 is 27.0. The van der Waals surface area contributed by atoms with Gasteiger partial charge in [-0.25, -0.2) is 0 Å². The van der Waals surface area contributed by atoms with Crippen molar-refractivity contribution in [1.29, 1.82) is 0 Å². The van der Waals surface area contributed by atoms with Crippen molar-refractivity contribution in [1.82, 2.24) is 5.32 Å². The van der Waals surface area contributed by atoms with Crippen LogP contribution in [0.2, 0.25) is 0 Å². The fourth-order valence-electron chi connectivity index (χ4n) is 1.98. The Bertz CT molecular complexity index is 378. The van der Waals surface area contributed by atoms with E-state index in [4.69, 9.17) is 24.0 Å². The lowest BCUT2D eigenvalue weighted by molar-refractivity contribution is -0.0418. The fourth-order valence-corrected chi connectivity index (χ4v) is 2.37. The van der Waals surface area contributed by atoms with Crippen LogP contribution in [-0.2, 0) is 18.8 Å². The number of likely N-dealkylation sites (N-methyl/N-ethyl adjacent to an activating group) is 1. The maximum absolute atomic E-state index is 10.8. The van der Waals surface area contributed by atoms with Crippen LogP contribution in [-0.4, -0.2) is 80.5 Å². The molecular formula is C11H23BNO7P. The molecule has 1 aliphatic heterocycles. The SMILES string of the molecule is B[C@@H]1O[C@H](/C=C/P(=O)(O)O)C(O)C1OCCOCCNC. The second-order valence-electron chi connectivity index (χ2n) is 4.78. The first-order valence-corrected chi connectivity index (χ1v) is 8.45. The van der Waals surface area contributed by atoms with E-state index in [1.807, 2.05) is 7.05 Å². The van der Waals surface area contributed by atoms with Gasteiger partial charge in [0.25, 0.3) is 0 Å². The summed E-state index contributed by atoms with van der Waals surface area (Å²) in [6, 6.07) is -0.372. The molecule has 122 valence electrons. The van der Waals surface area contributed by atoms with Gasteiger partial charge in [0.2, 0.25) is 0 Å². The minimum Gasteiger partial charge on any atom is -0.387 e. The van der Waals surface area contributed by atoms with Crippen LogP contribution < -0.4 is 5.32 Å². The van der Waals surface area contributed by atoms with Gasteiger partial charge in [0.05, 0.1) is 25.8 Å². The molecule has 0 aliphatic carbocycles. The van der Waals surface area contributed by atoms with Gasteiger partial charge in [0.15, 0.2) is 0 Å². The van der Waals surface area contributed by atoms with Crippen molar-refractivity contribution in [3.63, 3.8) is 0 Å². The third-order valence-corrected chi connectivity index (χ3v) is 3.57. The Balaban J connectivity index is 2.35. The predicted molar refractivity (Wildman–Crippen MR) is 78.9 cm³/mol. The minimum absolute atomic E-state index is 0.314. The van der Waals surface area contributed by atoms with E-state index in [0.717, 1.165) is 12.4 Å². The number of aliphatic hydroxyl groups is 1. The Morgan fingerprint density at radius 3 is 2.71 bits per heavy atom. The highest BCUT2D eigenvalue weighted by Crippen LogP contribution is 2.37. The molecule has 4 N–H and O–H groups in total. The molecule has 2 unspecified atom stereocenters. The van der Waals surface area contributed by atoms with Crippen LogP contribution in [0.4, 0.5) is 0 Å². The predicted octanol–water partition coefficient (Wildman–Crippen LogP) is -1.98. The van der Waals surface area contributed by atoms with Gasteiger partial charge in [-0.05, 0) is 13.1 Å². The Hall–Kier alpha value is -0.245. The zero-order chi connectivity index (χ0) is 15.9. The number of aliphatic hydroxyl groups excluding tert-OH is 1. The number of ether oxygens (including phenoxy) is 3. The second-order valence-corrected chi connectivity index (χ2v) is 6.25. The molecule has 1 fully saturated rings. The number of hydrogen-bond acceptors (Lipinski definition) is 6. The Kier molecular flexibility index (Phi) is 8.08. The van der Waals surface area contributed by atoms with Gasteiger partial charge < -0.3 is 34.4 Å². The average Bonchev–Trinajstić information content (AvgIpc) is 2.66. The van der Waals surface area contributed by atoms with Gasteiger partial charge >= 0.3 is 7.60 Å². The third-order valence-electron chi connectivity index (χ3n) is 3.01. The lowest BCUT2D eigenvalue weighted by atomic mass is 9.93. The van der Waals surface area contributed by atoms with Gasteiger partial charge in [-0.2, -0.15) is 0 Å². The van der Waals surface area contributed by atoms with Crippen LogP contribution in [0.5, 0.6) is 0 Å². The van der Waals surface area contributed by atoms with Crippen molar-refractivity contribution in [2.75, 3.05) is 33.4 Å². The van der Waals surface area contributed by atoms with Gasteiger partial charge in [-0.1, -0.05) is 0 Å². The Morgan fingerprint density at radius 2 is 2.10 bits per heavy atom. The van der Waals surface area contributed by atoms with E-state index in [2.05, 4.69) is 5.32 Å². The van der Waals surface area contributed by atoms with Crippen LogP contribution in [0, 0.1) is 0 Å². The lowest BCUT2D eigenvalue weighted by Gasteiger charge is -2.18. The van der Waals surface area contributed by atoms with E-state index in [0.29, 0.717) is 19.8 Å². The van der Waals surface area contributed by atoms with Crippen LogP contribution in [0.1, 0.15) is 0 Å². The highest BCUT2D eigenvalue weighted by atomic mass is 31.2. The first-order valence-electron chi connectivity index (χ1n) is 6.77. The molecule has 0 bridgehead atoms. The third kappa shape index (κ3) is 7.03. The van der Waals surface area contributed by atoms with E-state index < -0.39 is 25.9 Å². The first kappa shape index (κ1) is 18.8. The number of nitrogens with one attached hydrogen (secondary N) is 1. The zero-order valence-electron chi connectivity index (χ0n) is 12.2. The standard InChI is InChI=1S/C11H23BNO7P/c1-13-3-4-18-5-6-19-10-9(14)8(20-11(10)12)2-7-21(15,16)17/h2,7-11,13-14H,3-6,12H2,1H3,(H2,15,16,17)/b7-2+/t8-,9?,10?,11-/m1/s1. The molecule has 10 heteroatoms. The van der Waals surface area contributed by atoms with E-state index in [9.17, 15) is 9.67 Å². The summed E-state index contributed by atoms with van der Waals surface area (Å²) in [6.45, 7) is 2.04. The normalized spacial score (nSPS) is 30.3. The lowest BCUT2D eigenvalue weighted by Crippen LogP contribution is -2.36. The molecule has 1 saturated heterocycles. The topological polar surface area (TPSA) is 117 Å². The molecule has 1 heterocycles. The molecule has 0 aromatic rings. The largest absolute Gasteiger partial charge is 0.387 e. The molecule has 0 amide bonds. The van der Waals surface area contributed by atoms with Gasteiger partial charge in [0, 0.05) is 12.4 Å². The summed E-state index contributed by atoms with van der Waals surface area (Å²) in [5, 5.41) is 13.0. The molecule has 0 spiro atoms. The molecule has 1 rings (SSSR count).